The number of aliphatic hydroxyl groups excluding tert-OH is 4. The van der Waals surface area contributed by atoms with Gasteiger partial charge in [0.15, 0.2) is 5.78 Å². The van der Waals surface area contributed by atoms with Gasteiger partial charge in [-0.05, 0) is 6.92 Å². The van der Waals surface area contributed by atoms with Crippen LogP contribution in [0.2, 0.25) is 0 Å². The first kappa shape index (κ1) is 17.9. The summed E-state index contributed by atoms with van der Waals surface area (Å²) in [6.07, 6.45) is -6.95. The normalized spacial score (nSPS) is 30.4. The molecule has 5 unspecified atom stereocenters. The van der Waals surface area contributed by atoms with E-state index in [0.29, 0.717) is 9.75 Å². The lowest BCUT2D eigenvalue weighted by molar-refractivity contribution is -0.277. The summed E-state index contributed by atoms with van der Waals surface area (Å²) in [7, 11) is 0. The smallest absolute Gasteiger partial charge is 0.229 e. The number of carbonyl (C=O) groups is 1. The molecule has 0 saturated carbocycles. The maximum atomic E-state index is 11.7. The van der Waals surface area contributed by atoms with Crippen molar-refractivity contribution in [2.45, 2.75) is 44.6 Å². The summed E-state index contributed by atoms with van der Waals surface area (Å²) in [5, 5.41) is 38.6. The van der Waals surface area contributed by atoms with E-state index in [1.54, 1.807) is 13.0 Å². The van der Waals surface area contributed by atoms with Gasteiger partial charge in [0.25, 0.3) is 0 Å². The Labute approximate surface area is 137 Å². The van der Waals surface area contributed by atoms with Gasteiger partial charge in [0, 0.05) is 13.0 Å². The molecule has 0 aromatic carbocycles. The van der Waals surface area contributed by atoms with Crippen LogP contribution in [0.25, 0.3) is 0 Å². The van der Waals surface area contributed by atoms with Crippen LogP contribution in [0.3, 0.4) is 0 Å². The highest BCUT2D eigenvalue weighted by molar-refractivity contribution is 7.15. The molecule has 1 aromatic heterocycles. The average molecular weight is 342 g/mol. The molecule has 5 atom stereocenters. The Hall–Kier alpha value is -1.47. The molecule has 2 rings (SSSR count). The van der Waals surface area contributed by atoms with E-state index in [4.69, 9.17) is 14.6 Å². The summed E-state index contributed by atoms with van der Waals surface area (Å²) < 4.78 is 10.8. The average Bonchev–Trinajstić information content (AvgIpc) is 2.91. The number of Topliss-reactive ketones (excluding diaryl/α,β-unsaturated/α-hetero) is 1. The molecule has 2 heterocycles. The van der Waals surface area contributed by atoms with Crippen molar-refractivity contribution in [3.8, 4) is 17.6 Å². The zero-order chi connectivity index (χ0) is 17.1. The van der Waals surface area contributed by atoms with E-state index in [9.17, 15) is 20.1 Å². The Morgan fingerprint density at radius 3 is 2.61 bits per heavy atom. The fourth-order valence-electron chi connectivity index (χ4n) is 2.18. The lowest BCUT2D eigenvalue weighted by Crippen LogP contribution is -2.60. The Morgan fingerprint density at radius 2 is 2.04 bits per heavy atom. The van der Waals surface area contributed by atoms with E-state index in [-0.39, 0.29) is 11.5 Å². The van der Waals surface area contributed by atoms with E-state index >= 15 is 0 Å². The molecule has 1 aliphatic rings. The van der Waals surface area contributed by atoms with Crippen LogP contribution in [0, 0.1) is 11.8 Å². The lowest BCUT2D eigenvalue weighted by Gasteiger charge is -2.39. The van der Waals surface area contributed by atoms with Gasteiger partial charge in [-0.1, -0.05) is 5.92 Å². The lowest BCUT2D eigenvalue weighted by atomic mass is 9.99. The van der Waals surface area contributed by atoms with Crippen molar-refractivity contribution < 1.29 is 34.7 Å². The number of ketones is 1. The van der Waals surface area contributed by atoms with E-state index in [1.807, 2.05) is 0 Å². The highest BCUT2D eigenvalue weighted by Gasteiger charge is 2.45. The molecular weight excluding hydrogens is 324 g/mol. The van der Waals surface area contributed by atoms with Gasteiger partial charge in [-0.25, -0.2) is 0 Å². The monoisotopic (exact) mass is 342 g/mol. The molecule has 23 heavy (non-hydrogen) atoms. The molecule has 0 radical (unpaired) electrons. The van der Waals surface area contributed by atoms with Crippen LogP contribution in [0.15, 0.2) is 6.07 Å². The Morgan fingerprint density at radius 1 is 1.35 bits per heavy atom. The first-order valence-corrected chi connectivity index (χ1v) is 7.75. The second-order valence-corrected chi connectivity index (χ2v) is 6.10. The second kappa shape index (κ2) is 7.40. The molecule has 1 saturated heterocycles. The summed E-state index contributed by atoms with van der Waals surface area (Å²) in [5.74, 6) is 5.46. The molecule has 7 nitrogen and oxygen atoms in total. The van der Waals surface area contributed by atoms with Gasteiger partial charge in [0.05, 0.1) is 11.5 Å². The minimum Gasteiger partial charge on any atom is -0.460 e. The quantitative estimate of drug-likeness (QED) is 0.430. The largest absolute Gasteiger partial charge is 0.460 e. The highest BCUT2D eigenvalue weighted by atomic mass is 32.1. The third kappa shape index (κ3) is 3.72. The van der Waals surface area contributed by atoms with Crippen molar-refractivity contribution >= 4 is 17.1 Å². The highest BCUT2D eigenvalue weighted by Crippen LogP contribution is 2.32. The van der Waals surface area contributed by atoms with Gasteiger partial charge in [0.1, 0.15) is 35.0 Å². The van der Waals surface area contributed by atoms with Crippen LogP contribution in [-0.2, 0) is 4.74 Å². The van der Waals surface area contributed by atoms with E-state index in [0.717, 1.165) is 11.3 Å². The van der Waals surface area contributed by atoms with Crippen molar-refractivity contribution in [2.75, 3.05) is 6.61 Å². The van der Waals surface area contributed by atoms with E-state index < -0.39 is 37.3 Å². The number of carbonyl (C=O) groups excluding carboxylic acids is 1. The van der Waals surface area contributed by atoms with E-state index in [2.05, 4.69) is 11.8 Å². The van der Waals surface area contributed by atoms with Crippen LogP contribution in [0.4, 0.5) is 0 Å². The zero-order valence-electron chi connectivity index (χ0n) is 12.6. The Bertz CT molecular complexity index is 628. The predicted octanol–water partition coefficient (Wildman–Crippen LogP) is -0.499. The molecule has 1 aliphatic heterocycles. The van der Waals surface area contributed by atoms with Crippen molar-refractivity contribution in [3.63, 3.8) is 0 Å². The van der Waals surface area contributed by atoms with Gasteiger partial charge in [-0.2, -0.15) is 0 Å². The molecule has 0 spiro atoms. The molecule has 1 fully saturated rings. The Balaban J connectivity index is 2.26. The van der Waals surface area contributed by atoms with Gasteiger partial charge in [-0.15, -0.1) is 17.3 Å². The van der Waals surface area contributed by atoms with Gasteiger partial charge >= 0.3 is 0 Å². The minimum absolute atomic E-state index is 0.171. The Kier molecular flexibility index (Phi) is 5.75. The van der Waals surface area contributed by atoms with Crippen LogP contribution < -0.4 is 4.74 Å². The number of hydrogen-bond donors (Lipinski definition) is 4. The molecule has 0 aliphatic carbocycles. The number of hydrogen-bond acceptors (Lipinski definition) is 8. The summed E-state index contributed by atoms with van der Waals surface area (Å²) in [5.41, 5.74) is 0. The predicted molar refractivity (Wildman–Crippen MR) is 81.3 cm³/mol. The van der Waals surface area contributed by atoms with Gasteiger partial charge in [-0.3, -0.25) is 4.79 Å². The van der Waals surface area contributed by atoms with Gasteiger partial charge < -0.3 is 29.9 Å². The summed E-state index contributed by atoms with van der Waals surface area (Å²) in [6.45, 7) is 2.47. The molecule has 8 heteroatoms. The molecule has 126 valence electrons. The molecular formula is C15H18O7S. The van der Waals surface area contributed by atoms with Crippen molar-refractivity contribution in [3.05, 3.63) is 15.8 Å². The van der Waals surface area contributed by atoms with Gasteiger partial charge in [0.2, 0.25) is 6.29 Å². The minimum atomic E-state index is -1.54. The summed E-state index contributed by atoms with van der Waals surface area (Å²) >= 11 is 1.14. The topological polar surface area (TPSA) is 116 Å². The zero-order valence-corrected chi connectivity index (χ0v) is 13.4. The van der Waals surface area contributed by atoms with Crippen molar-refractivity contribution in [2.24, 2.45) is 0 Å². The first-order valence-electron chi connectivity index (χ1n) is 6.93. The van der Waals surface area contributed by atoms with E-state index in [1.165, 1.54) is 6.92 Å². The number of ether oxygens (including phenoxy) is 2. The fourth-order valence-corrected chi connectivity index (χ4v) is 3.07. The number of rotatable bonds is 4. The van der Waals surface area contributed by atoms with Crippen LogP contribution in [0.1, 0.15) is 28.4 Å². The third-order valence-corrected chi connectivity index (χ3v) is 4.49. The van der Waals surface area contributed by atoms with Crippen LogP contribution >= 0.6 is 11.3 Å². The molecule has 1 aromatic rings. The SMILES string of the molecule is CC#Cc1cc(OC2OC(CO)C(O)C(O)C2O)c(C(C)=O)s1. The van der Waals surface area contributed by atoms with Crippen LogP contribution in [0.5, 0.6) is 5.75 Å². The van der Waals surface area contributed by atoms with Crippen LogP contribution in [-0.4, -0.2) is 63.5 Å². The first-order chi connectivity index (χ1) is 10.9. The second-order valence-electron chi connectivity index (χ2n) is 5.05. The number of aliphatic hydroxyl groups is 4. The van der Waals surface area contributed by atoms with Crippen molar-refractivity contribution in [1.82, 2.24) is 0 Å². The maximum absolute atomic E-state index is 11.7. The fraction of sp³-hybridized carbons (Fsp3) is 0.533. The van der Waals surface area contributed by atoms with Crippen molar-refractivity contribution in [1.29, 1.82) is 0 Å². The molecule has 0 bridgehead atoms. The third-order valence-electron chi connectivity index (χ3n) is 3.36. The summed E-state index contributed by atoms with van der Waals surface area (Å²) in [4.78, 5) is 12.6. The standard InChI is InChI=1S/C15H18O7S/c1-3-4-8-5-9(14(23-8)7(2)17)21-15-13(20)12(19)11(18)10(6-16)22-15/h5,10-13,15-16,18-20H,6H2,1-2H3. The molecule has 4 N–H and O–H groups in total. The number of thiophene rings is 1. The maximum Gasteiger partial charge on any atom is 0.229 e. The summed E-state index contributed by atoms with van der Waals surface area (Å²) in [6, 6.07) is 1.54. The molecule has 0 amide bonds.